The van der Waals surface area contributed by atoms with Gasteiger partial charge in [0.05, 0.1) is 7.11 Å². The summed E-state index contributed by atoms with van der Waals surface area (Å²) >= 11 is 0. The standard InChI is InChI=1S/C12H14N2O/c1-15-11-5-4-10-12-7(11)2-3-9(13)8(12)6-14-10/h4-6,9,14H,2-3,13H2,1H3. The first-order valence-corrected chi connectivity index (χ1v) is 5.23. The van der Waals surface area contributed by atoms with Gasteiger partial charge in [-0.05, 0) is 30.5 Å². The van der Waals surface area contributed by atoms with Crippen molar-refractivity contribution in [2.24, 2.45) is 5.73 Å². The van der Waals surface area contributed by atoms with Gasteiger partial charge >= 0.3 is 0 Å². The lowest BCUT2D eigenvalue weighted by atomic mass is 9.89. The van der Waals surface area contributed by atoms with Crippen LogP contribution in [0.25, 0.3) is 10.9 Å². The monoisotopic (exact) mass is 202 g/mol. The largest absolute Gasteiger partial charge is 0.496 e. The molecule has 0 bridgehead atoms. The van der Waals surface area contributed by atoms with Gasteiger partial charge in [-0.15, -0.1) is 0 Å². The normalized spacial score (nSPS) is 19.5. The Morgan fingerprint density at radius 2 is 2.33 bits per heavy atom. The minimum absolute atomic E-state index is 0.165. The van der Waals surface area contributed by atoms with Gasteiger partial charge < -0.3 is 15.5 Å². The van der Waals surface area contributed by atoms with Crippen molar-refractivity contribution in [1.82, 2.24) is 4.98 Å². The second-order valence-electron chi connectivity index (χ2n) is 4.06. The number of H-pyrrole nitrogens is 1. The smallest absolute Gasteiger partial charge is 0.122 e. The Bertz CT molecular complexity index is 516. The quantitative estimate of drug-likeness (QED) is 0.744. The summed E-state index contributed by atoms with van der Waals surface area (Å²) in [5.41, 5.74) is 9.77. The van der Waals surface area contributed by atoms with Gasteiger partial charge in [-0.1, -0.05) is 0 Å². The van der Waals surface area contributed by atoms with E-state index in [1.54, 1.807) is 7.11 Å². The van der Waals surface area contributed by atoms with Crippen molar-refractivity contribution in [3.8, 4) is 5.75 Å². The second kappa shape index (κ2) is 3.00. The van der Waals surface area contributed by atoms with Crippen LogP contribution in [0, 0.1) is 0 Å². The summed E-state index contributed by atoms with van der Waals surface area (Å²) in [6.45, 7) is 0. The Morgan fingerprint density at radius 3 is 3.13 bits per heavy atom. The molecule has 1 heterocycles. The molecule has 0 spiro atoms. The molecular formula is C12H14N2O. The minimum atomic E-state index is 0.165. The zero-order valence-corrected chi connectivity index (χ0v) is 8.71. The number of methoxy groups -OCH3 is 1. The molecule has 2 aromatic rings. The maximum absolute atomic E-state index is 6.08. The molecule has 0 aliphatic heterocycles. The van der Waals surface area contributed by atoms with Gasteiger partial charge in [0.25, 0.3) is 0 Å². The Hall–Kier alpha value is -1.48. The Labute approximate surface area is 88.2 Å². The van der Waals surface area contributed by atoms with Crippen molar-refractivity contribution in [1.29, 1.82) is 0 Å². The molecule has 1 aromatic heterocycles. The lowest BCUT2D eigenvalue weighted by Gasteiger charge is -2.20. The van der Waals surface area contributed by atoms with Gasteiger partial charge in [0.2, 0.25) is 0 Å². The zero-order chi connectivity index (χ0) is 10.4. The topological polar surface area (TPSA) is 51.0 Å². The van der Waals surface area contributed by atoms with Gasteiger partial charge in [-0.25, -0.2) is 0 Å². The molecule has 3 nitrogen and oxygen atoms in total. The van der Waals surface area contributed by atoms with E-state index in [2.05, 4.69) is 11.1 Å². The van der Waals surface area contributed by atoms with Crippen molar-refractivity contribution in [3.63, 3.8) is 0 Å². The van der Waals surface area contributed by atoms with Crippen LogP contribution in [-0.4, -0.2) is 12.1 Å². The van der Waals surface area contributed by atoms with Gasteiger partial charge in [-0.2, -0.15) is 0 Å². The van der Waals surface area contributed by atoms with E-state index < -0.39 is 0 Å². The van der Waals surface area contributed by atoms with E-state index in [-0.39, 0.29) is 6.04 Å². The number of aryl methyl sites for hydroxylation is 1. The molecule has 3 N–H and O–H groups in total. The van der Waals surface area contributed by atoms with Gasteiger partial charge in [0.1, 0.15) is 5.75 Å². The number of nitrogens with one attached hydrogen (secondary N) is 1. The number of aromatic nitrogens is 1. The SMILES string of the molecule is COc1ccc2[nH]cc3c2c1CCC3N. The molecule has 0 amide bonds. The fourth-order valence-corrected chi connectivity index (χ4v) is 2.49. The summed E-state index contributed by atoms with van der Waals surface area (Å²) in [6.07, 6.45) is 4.03. The van der Waals surface area contributed by atoms with Gasteiger partial charge in [-0.3, -0.25) is 0 Å². The highest BCUT2D eigenvalue weighted by molar-refractivity contribution is 5.90. The molecular weight excluding hydrogens is 188 g/mol. The van der Waals surface area contributed by atoms with Gasteiger partial charge in [0.15, 0.2) is 0 Å². The highest BCUT2D eigenvalue weighted by Gasteiger charge is 2.22. The predicted octanol–water partition coefficient (Wildman–Crippen LogP) is 2.12. The fraction of sp³-hybridized carbons (Fsp3) is 0.333. The molecule has 1 aliphatic rings. The number of hydrogen-bond donors (Lipinski definition) is 2. The number of ether oxygens (including phenoxy) is 1. The van der Waals surface area contributed by atoms with E-state index in [9.17, 15) is 0 Å². The molecule has 0 saturated heterocycles. The van der Waals surface area contributed by atoms with E-state index in [0.29, 0.717) is 0 Å². The van der Waals surface area contributed by atoms with E-state index >= 15 is 0 Å². The molecule has 1 unspecified atom stereocenters. The van der Waals surface area contributed by atoms with E-state index in [0.717, 1.165) is 24.1 Å². The average molecular weight is 202 g/mol. The molecule has 1 aromatic carbocycles. The van der Waals surface area contributed by atoms with Crippen LogP contribution in [0.1, 0.15) is 23.6 Å². The summed E-state index contributed by atoms with van der Waals surface area (Å²) in [5.74, 6) is 0.982. The Morgan fingerprint density at radius 1 is 1.47 bits per heavy atom. The molecule has 78 valence electrons. The molecule has 1 atom stereocenters. The zero-order valence-electron chi connectivity index (χ0n) is 8.71. The summed E-state index contributed by atoms with van der Waals surface area (Å²) in [5, 5.41) is 1.27. The Balaban J connectivity index is 2.39. The summed E-state index contributed by atoms with van der Waals surface area (Å²) in [7, 11) is 1.72. The summed E-state index contributed by atoms with van der Waals surface area (Å²) in [6, 6.07) is 4.24. The number of benzene rings is 1. The van der Waals surface area contributed by atoms with Crippen LogP contribution >= 0.6 is 0 Å². The third kappa shape index (κ3) is 1.10. The van der Waals surface area contributed by atoms with Crippen molar-refractivity contribution >= 4 is 10.9 Å². The third-order valence-corrected chi connectivity index (χ3v) is 3.27. The average Bonchev–Trinajstić information content (AvgIpc) is 2.69. The number of rotatable bonds is 1. The molecule has 15 heavy (non-hydrogen) atoms. The summed E-state index contributed by atoms with van der Waals surface area (Å²) < 4.78 is 5.38. The Kier molecular flexibility index (Phi) is 1.76. The van der Waals surface area contributed by atoms with Crippen molar-refractivity contribution in [2.45, 2.75) is 18.9 Å². The maximum atomic E-state index is 6.08. The first-order valence-electron chi connectivity index (χ1n) is 5.23. The van der Waals surface area contributed by atoms with E-state index in [1.165, 1.54) is 16.5 Å². The number of nitrogens with two attached hydrogens (primary N) is 1. The molecule has 3 heteroatoms. The highest BCUT2D eigenvalue weighted by atomic mass is 16.5. The second-order valence-corrected chi connectivity index (χ2v) is 4.06. The number of hydrogen-bond acceptors (Lipinski definition) is 2. The molecule has 0 saturated carbocycles. The molecule has 3 rings (SSSR count). The predicted molar refractivity (Wildman–Crippen MR) is 60.1 cm³/mol. The highest BCUT2D eigenvalue weighted by Crippen LogP contribution is 2.38. The van der Waals surface area contributed by atoms with Crippen molar-refractivity contribution < 1.29 is 4.74 Å². The molecule has 1 aliphatic carbocycles. The van der Waals surface area contributed by atoms with E-state index in [4.69, 9.17) is 10.5 Å². The third-order valence-electron chi connectivity index (χ3n) is 3.27. The first kappa shape index (κ1) is 8.80. The van der Waals surface area contributed by atoms with Crippen LogP contribution in [0.5, 0.6) is 5.75 Å². The van der Waals surface area contributed by atoms with E-state index in [1.807, 2.05) is 12.3 Å². The fourth-order valence-electron chi connectivity index (χ4n) is 2.49. The lowest BCUT2D eigenvalue weighted by molar-refractivity contribution is 0.408. The summed E-state index contributed by atoms with van der Waals surface area (Å²) in [4.78, 5) is 3.27. The minimum Gasteiger partial charge on any atom is -0.496 e. The van der Waals surface area contributed by atoms with Crippen LogP contribution in [0.2, 0.25) is 0 Å². The maximum Gasteiger partial charge on any atom is 0.122 e. The van der Waals surface area contributed by atoms with Crippen LogP contribution in [0.15, 0.2) is 18.3 Å². The number of aromatic amines is 1. The molecule has 0 radical (unpaired) electrons. The van der Waals surface area contributed by atoms with Crippen LogP contribution in [0.3, 0.4) is 0 Å². The van der Waals surface area contributed by atoms with Crippen LogP contribution in [0.4, 0.5) is 0 Å². The first-order chi connectivity index (χ1) is 7.31. The van der Waals surface area contributed by atoms with Crippen molar-refractivity contribution in [3.05, 3.63) is 29.5 Å². The molecule has 0 fully saturated rings. The lowest BCUT2D eigenvalue weighted by Crippen LogP contribution is -2.15. The van der Waals surface area contributed by atoms with Crippen LogP contribution < -0.4 is 10.5 Å². The van der Waals surface area contributed by atoms with Gasteiger partial charge in [0, 0.05) is 28.7 Å². The van der Waals surface area contributed by atoms with Crippen molar-refractivity contribution in [2.75, 3.05) is 7.11 Å². The van der Waals surface area contributed by atoms with Crippen LogP contribution in [-0.2, 0) is 6.42 Å².